The summed E-state index contributed by atoms with van der Waals surface area (Å²) in [7, 11) is 0. The molecule has 1 aromatic carbocycles. The quantitative estimate of drug-likeness (QED) is 0.782. The number of pyridine rings is 1. The standard InChI is InChI=1S/C20H27N3O2/c1-5-8-17(15-10-12-16(21)13-11-15)23(18-9-6-7-14-22-18)19(24)25-20(2,3)4/h6-7,9-14,17H,5,8,21H2,1-4H3. The zero-order chi connectivity index (χ0) is 18.4. The summed E-state index contributed by atoms with van der Waals surface area (Å²) in [6.07, 6.45) is 2.99. The summed E-state index contributed by atoms with van der Waals surface area (Å²) >= 11 is 0. The van der Waals surface area contributed by atoms with Crippen LogP contribution in [0.1, 0.15) is 52.1 Å². The topological polar surface area (TPSA) is 68.5 Å². The summed E-state index contributed by atoms with van der Waals surface area (Å²) in [5.74, 6) is 0.576. The van der Waals surface area contributed by atoms with Gasteiger partial charge in [0.2, 0.25) is 0 Å². The fraction of sp³-hybridized carbons (Fsp3) is 0.400. The van der Waals surface area contributed by atoms with Crippen LogP contribution in [0.4, 0.5) is 16.3 Å². The molecule has 0 aliphatic rings. The average Bonchev–Trinajstić information content (AvgIpc) is 2.54. The Morgan fingerprint density at radius 1 is 1.20 bits per heavy atom. The number of anilines is 2. The number of amides is 1. The molecule has 5 nitrogen and oxygen atoms in total. The fourth-order valence-corrected chi connectivity index (χ4v) is 2.62. The molecule has 2 N–H and O–H groups in total. The van der Waals surface area contributed by atoms with Gasteiger partial charge in [0.1, 0.15) is 11.4 Å². The van der Waals surface area contributed by atoms with E-state index in [0.29, 0.717) is 11.5 Å². The number of hydrogen-bond acceptors (Lipinski definition) is 4. The van der Waals surface area contributed by atoms with Crippen molar-refractivity contribution in [2.24, 2.45) is 0 Å². The Morgan fingerprint density at radius 2 is 1.88 bits per heavy atom. The van der Waals surface area contributed by atoms with Crippen molar-refractivity contribution in [2.45, 2.75) is 52.2 Å². The van der Waals surface area contributed by atoms with Crippen molar-refractivity contribution in [3.05, 3.63) is 54.2 Å². The predicted molar refractivity (Wildman–Crippen MR) is 101 cm³/mol. The maximum atomic E-state index is 13.0. The number of benzene rings is 1. The molecule has 0 radical (unpaired) electrons. The lowest BCUT2D eigenvalue weighted by atomic mass is 10.0. The average molecular weight is 341 g/mol. The zero-order valence-corrected chi connectivity index (χ0v) is 15.4. The number of rotatable bonds is 5. The van der Waals surface area contributed by atoms with Gasteiger partial charge in [0, 0.05) is 11.9 Å². The van der Waals surface area contributed by atoms with E-state index in [2.05, 4.69) is 11.9 Å². The first-order chi connectivity index (χ1) is 11.8. The third-order valence-electron chi connectivity index (χ3n) is 3.68. The van der Waals surface area contributed by atoms with Crippen LogP contribution in [0.25, 0.3) is 0 Å². The smallest absolute Gasteiger partial charge is 0.416 e. The van der Waals surface area contributed by atoms with Crippen LogP contribution < -0.4 is 10.6 Å². The van der Waals surface area contributed by atoms with Crippen LogP contribution in [-0.2, 0) is 4.74 Å². The van der Waals surface area contributed by atoms with Gasteiger partial charge in [-0.25, -0.2) is 9.78 Å². The molecule has 1 heterocycles. The summed E-state index contributed by atoms with van der Waals surface area (Å²) in [4.78, 5) is 19.0. The molecule has 0 saturated heterocycles. The number of nitrogens with two attached hydrogens (primary N) is 1. The fourth-order valence-electron chi connectivity index (χ4n) is 2.62. The molecule has 1 amide bonds. The maximum Gasteiger partial charge on any atom is 0.416 e. The molecule has 0 spiro atoms. The predicted octanol–water partition coefficient (Wildman–Crippen LogP) is 4.95. The van der Waals surface area contributed by atoms with Gasteiger partial charge in [-0.15, -0.1) is 0 Å². The second kappa shape index (κ2) is 8.01. The first-order valence-corrected chi connectivity index (χ1v) is 8.60. The number of nitrogen functional groups attached to an aromatic ring is 1. The Hall–Kier alpha value is -2.56. The number of aromatic nitrogens is 1. The summed E-state index contributed by atoms with van der Waals surface area (Å²) in [5.41, 5.74) is 6.93. The van der Waals surface area contributed by atoms with Crippen molar-refractivity contribution < 1.29 is 9.53 Å². The van der Waals surface area contributed by atoms with Crippen LogP contribution >= 0.6 is 0 Å². The van der Waals surface area contributed by atoms with Gasteiger partial charge in [-0.3, -0.25) is 4.90 Å². The summed E-state index contributed by atoms with van der Waals surface area (Å²) in [6, 6.07) is 13.0. The van der Waals surface area contributed by atoms with Crippen molar-refractivity contribution in [1.29, 1.82) is 0 Å². The molecule has 0 fully saturated rings. The molecule has 0 bridgehead atoms. The van der Waals surface area contributed by atoms with Gasteiger partial charge in [0.25, 0.3) is 0 Å². The van der Waals surface area contributed by atoms with Crippen molar-refractivity contribution >= 4 is 17.6 Å². The van der Waals surface area contributed by atoms with Gasteiger partial charge >= 0.3 is 6.09 Å². The summed E-state index contributed by atoms with van der Waals surface area (Å²) < 4.78 is 5.65. The zero-order valence-electron chi connectivity index (χ0n) is 15.4. The van der Waals surface area contributed by atoms with Crippen LogP contribution in [-0.4, -0.2) is 16.7 Å². The Bertz CT molecular complexity index is 678. The number of ether oxygens (including phenoxy) is 1. The normalized spacial score (nSPS) is 12.5. The highest BCUT2D eigenvalue weighted by molar-refractivity contribution is 5.87. The lowest BCUT2D eigenvalue weighted by Crippen LogP contribution is -2.40. The van der Waals surface area contributed by atoms with E-state index in [1.165, 1.54) is 0 Å². The third kappa shape index (κ3) is 5.21. The van der Waals surface area contributed by atoms with Gasteiger partial charge in [-0.2, -0.15) is 0 Å². The Labute approximate surface area is 149 Å². The van der Waals surface area contributed by atoms with Crippen molar-refractivity contribution in [3.63, 3.8) is 0 Å². The van der Waals surface area contributed by atoms with E-state index in [4.69, 9.17) is 10.5 Å². The van der Waals surface area contributed by atoms with Gasteiger partial charge < -0.3 is 10.5 Å². The molecular weight excluding hydrogens is 314 g/mol. The maximum absolute atomic E-state index is 13.0. The van der Waals surface area contributed by atoms with Crippen LogP contribution in [0.15, 0.2) is 48.7 Å². The Balaban J connectivity index is 2.46. The van der Waals surface area contributed by atoms with Crippen molar-refractivity contribution in [3.8, 4) is 0 Å². The van der Waals surface area contributed by atoms with E-state index < -0.39 is 11.7 Å². The third-order valence-corrected chi connectivity index (χ3v) is 3.68. The SMILES string of the molecule is CCCC(c1ccc(N)cc1)N(C(=O)OC(C)(C)C)c1ccccn1. The molecule has 2 rings (SSSR count). The molecule has 0 aliphatic carbocycles. The lowest BCUT2D eigenvalue weighted by Gasteiger charge is -2.33. The van der Waals surface area contributed by atoms with Crippen LogP contribution in [0.5, 0.6) is 0 Å². The van der Waals surface area contributed by atoms with E-state index in [1.54, 1.807) is 11.1 Å². The van der Waals surface area contributed by atoms with Crippen LogP contribution in [0.3, 0.4) is 0 Å². The van der Waals surface area contributed by atoms with E-state index in [9.17, 15) is 4.79 Å². The van der Waals surface area contributed by atoms with E-state index in [-0.39, 0.29) is 6.04 Å². The number of nitrogens with zero attached hydrogens (tertiary/aromatic N) is 2. The highest BCUT2D eigenvalue weighted by Crippen LogP contribution is 2.31. The largest absolute Gasteiger partial charge is 0.443 e. The molecule has 1 unspecified atom stereocenters. The molecule has 1 atom stereocenters. The first-order valence-electron chi connectivity index (χ1n) is 8.60. The summed E-state index contributed by atoms with van der Waals surface area (Å²) in [5, 5.41) is 0. The number of hydrogen-bond donors (Lipinski definition) is 1. The molecule has 1 aromatic heterocycles. The molecule has 0 aliphatic heterocycles. The van der Waals surface area contributed by atoms with Gasteiger partial charge in [-0.1, -0.05) is 31.5 Å². The van der Waals surface area contributed by atoms with Crippen molar-refractivity contribution in [1.82, 2.24) is 4.98 Å². The summed E-state index contributed by atoms with van der Waals surface area (Å²) in [6.45, 7) is 7.68. The second-order valence-electron chi connectivity index (χ2n) is 7.01. The Kier molecular flexibility index (Phi) is 6.02. The molecular formula is C20H27N3O2. The molecule has 0 saturated carbocycles. The Morgan fingerprint density at radius 3 is 2.40 bits per heavy atom. The van der Waals surface area contributed by atoms with E-state index >= 15 is 0 Å². The molecule has 2 aromatic rings. The van der Waals surface area contributed by atoms with Crippen LogP contribution in [0.2, 0.25) is 0 Å². The van der Waals surface area contributed by atoms with Gasteiger partial charge in [-0.05, 0) is 57.0 Å². The minimum absolute atomic E-state index is 0.171. The molecule has 5 heteroatoms. The number of carbonyl (C=O) groups excluding carboxylic acids is 1. The second-order valence-corrected chi connectivity index (χ2v) is 7.01. The van der Waals surface area contributed by atoms with Crippen LogP contribution in [0, 0.1) is 0 Å². The van der Waals surface area contributed by atoms with Gasteiger partial charge in [0.15, 0.2) is 0 Å². The van der Waals surface area contributed by atoms with Crippen molar-refractivity contribution in [2.75, 3.05) is 10.6 Å². The molecule has 25 heavy (non-hydrogen) atoms. The minimum atomic E-state index is -0.581. The highest BCUT2D eigenvalue weighted by Gasteiger charge is 2.31. The lowest BCUT2D eigenvalue weighted by molar-refractivity contribution is 0.0561. The van der Waals surface area contributed by atoms with Gasteiger partial charge in [0.05, 0.1) is 6.04 Å². The van der Waals surface area contributed by atoms with E-state index in [1.807, 2.05) is 63.2 Å². The number of carbonyl (C=O) groups is 1. The highest BCUT2D eigenvalue weighted by atomic mass is 16.6. The molecule has 134 valence electrons. The first kappa shape index (κ1) is 18.8. The van der Waals surface area contributed by atoms with E-state index in [0.717, 1.165) is 18.4 Å². The minimum Gasteiger partial charge on any atom is -0.443 e. The monoisotopic (exact) mass is 341 g/mol.